The summed E-state index contributed by atoms with van der Waals surface area (Å²) in [4.78, 5) is 14.3. The SMILES string of the molecule is CC1CCC(O)(CNc2nc(Cl)ccc2[N+](=O)[O-])CC1. The van der Waals surface area contributed by atoms with Crippen LogP contribution in [0.2, 0.25) is 5.15 Å². The monoisotopic (exact) mass is 299 g/mol. The molecule has 0 radical (unpaired) electrons. The fraction of sp³-hybridized carbons (Fsp3) is 0.615. The Morgan fingerprint density at radius 2 is 2.20 bits per heavy atom. The lowest BCUT2D eigenvalue weighted by molar-refractivity contribution is -0.384. The lowest BCUT2D eigenvalue weighted by atomic mass is 9.79. The van der Waals surface area contributed by atoms with Crippen LogP contribution in [0.4, 0.5) is 11.5 Å². The number of aliphatic hydroxyl groups is 1. The number of nitro groups is 1. The van der Waals surface area contributed by atoms with Gasteiger partial charge in [-0.15, -0.1) is 0 Å². The molecule has 0 bridgehead atoms. The summed E-state index contributed by atoms with van der Waals surface area (Å²) in [7, 11) is 0. The normalized spacial score (nSPS) is 26.2. The number of hydrogen-bond acceptors (Lipinski definition) is 5. The first-order valence-corrected chi connectivity index (χ1v) is 7.05. The molecule has 2 N–H and O–H groups in total. The smallest absolute Gasteiger partial charge is 0.311 e. The lowest BCUT2D eigenvalue weighted by Crippen LogP contribution is -2.40. The fourth-order valence-corrected chi connectivity index (χ4v) is 2.58. The van der Waals surface area contributed by atoms with Crippen LogP contribution in [-0.2, 0) is 0 Å². The van der Waals surface area contributed by atoms with Gasteiger partial charge in [-0.05, 0) is 37.7 Å². The van der Waals surface area contributed by atoms with Gasteiger partial charge in [0, 0.05) is 12.6 Å². The van der Waals surface area contributed by atoms with E-state index in [1.165, 1.54) is 12.1 Å². The lowest BCUT2D eigenvalue weighted by Gasteiger charge is -2.35. The van der Waals surface area contributed by atoms with E-state index < -0.39 is 10.5 Å². The molecule has 1 aliphatic carbocycles. The Balaban J connectivity index is 2.07. The molecule has 0 spiro atoms. The average molecular weight is 300 g/mol. The third kappa shape index (κ3) is 3.58. The van der Waals surface area contributed by atoms with Crippen molar-refractivity contribution >= 4 is 23.1 Å². The van der Waals surface area contributed by atoms with Crippen molar-refractivity contribution in [3.05, 3.63) is 27.4 Å². The predicted octanol–water partition coefficient (Wildman–Crippen LogP) is 3.00. The molecule has 1 aliphatic rings. The number of aromatic nitrogens is 1. The molecule has 0 amide bonds. The summed E-state index contributed by atoms with van der Waals surface area (Å²) in [6, 6.07) is 2.69. The van der Waals surface area contributed by atoms with Gasteiger partial charge in [-0.25, -0.2) is 4.98 Å². The molecule has 0 unspecified atom stereocenters. The molecule has 1 aromatic heterocycles. The topological polar surface area (TPSA) is 88.3 Å². The van der Waals surface area contributed by atoms with Crippen molar-refractivity contribution in [3.8, 4) is 0 Å². The van der Waals surface area contributed by atoms with E-state index in [0.717, 1.165) is 12.8 Å². The Kier molecular flexibility index (Phi) is 4.45. The van der Waals surface area contributed by atoms with E-state index in [1.807, 2.05) is 0 Å². The van der Waals surface area contributed by atoms with Crippen molar-refractivity contribution in [2.75, 3.05) is 11.9 Å². The highest BCUT2D eigenvalue weighted by atomic mass is 35.5. The molecule has 1 fully saturated rings. The third-order valence-corrected chi connectivity index (χ3v) is 4.04. The van der Waals surface area contributed by atoms with Crippen LogP contribution in [0.15, 0.2) is 12.1 Å². The van der Waals surface area contributed by atoms with E-state index in [-0.39, 0.29) is 23.2 Å². The molecule has 1 aromatic rings. The summed E-state index contributed by atoms with van der Waals surface area (Å²) in [5.74, 6) is 0.725. The van der Waals surface area contributed by atoms with E-state index in [1.54, 1.807) is 0 Å². The molecular formula is C13H18ClN3O3. The number of pyridine rings is 1. The highest BCUT2D eigenvalue weighted by Crippen LogP contribution is 2.32. The molecule has 0 aromatic carbocycles. The fourth-order valence-electron chi connectivity index (χ4n) is 2.43. The van der Waals surface area contributed by atoms with Gasteiger partial charge in [0.2, 0.25) is 5.82 Å². The average Bonchev–Trinajstić information content (AvgIpc) is 2.40. The highest BCUT2D eigenvalue weighted by molar-refractivity contribution is 6.29. The van der Waals surface area contributed by atoms with Crippen LogP contribution in [-0.4, -0.2) is 27.2 Å². The Labute approximate surface area is 122 Å². The Morgan fingerprint density at radius 3 is 2.80 bits per heavy atom. The van der Waals surface area contributed by atoms with E-state index in [0.29, 0.717) is 18.8 Å². The molecule has 110 valence electrons. The summed E-state index contributed by atoms with van der Waals surface area (Å²) in [5, 5.41) is 24.4. The minimum Gasteiger partial charge on any atom is -0.388 e. The van der Waals surface area contributed by atoms with Crippen LogP contribution < -0.4 is 5.32 Å². The molecule has 0 saturated heterocycles. The van der Waals surface area contributed by atoms with E-state index in [4.69, 9.17) is 11.6 Å². The summed E-state index contributed by atoms with van der Waals surface area (Å²) >= 11 is 5.76. The van der Waals surface area contributed by atoms with Gasteiger partial charge in [0.05, 0.1) is 10.5 Å². The zero-order valence-electron chi connectivity index (χ0n) is 11.3. The maximum Gasteiger partial charge on any atom is 0.311 e. The van der Waals surface area contributed by atoms with E-state index >= 15 is 0 Å². The number of hydrogen-bond donors (Lipinski definition) is 2. The van der Waals surface area contributed by atoms with Crippen molar-refractivity contribution in [1.82, 2.24) is 4.98 Å². The van der Waals surface area contributed by atoms with Crippen molar-refractivity contribution < 1.29 is 10.0 Å². The van der Waals surface area contributed by atoms with Crippen molar-refractivity contribution in [1.29, 1.82) is 0 Å². The van der Waals surface area contributed by atoms with Crippen LogP contribution in [0.1, 0.15) is 32.6 Å². The predicted molar refractivity (Wildman–Crippen MR) is 77.0 cm³/mol. The molecule has 0 aliphatic heterocycles. The van der Waals surface area contributed by atoms with Gasteiger partial charge >= 0.3 is 5.69 Å². The van der Waals surface area contributed by atoms with E-state index in [2.05, 4.69) is 17.2 Å². The number of halogens is 1. The van der Waals surface area contributed by atoms with Gasteiger partial charge in [-0.2, -0.15) is 0 Å². The molecule has 0 atom stereocenters. The van der Waals surface area contributed by atoms with Crippen LogP contribution in [0.25, 0.3) is 0 Å². The molecular weight excluding hydrogens is 282 g/mol. The van der Waals surface area contributed by atoms with Crippen molar-refractivity contribution in [2.24, 2.45) is 5.92 Å². The standard InChI is InChI=1S/C13H18ClN3O3/c1-9-4-6-13(18,7-5-9)8-15-12-10(17(19)20)2-3-11(14)16-12/h2-3,9,18H,4-8H2,1H3,(H,15,16). The van der Waals surface area contributed by atoms with Crippen molar-refractivity contribution in [2.45, 2.75) is 38.2 Å². The molecule has 7 heteroatoms. The second kappa shape index (κ2) is 5.93. The summed E-state index contributed by atoms with van der Waals surface area (Å²) in [5.41, 5.74) is -0.966. The zero-order chi connectivity index (χ0) is 14.8. The first-order valence-electron chi connectivity index (χ1n) is 6.67. The highest BCUT2D eigenvalue weighted by Gasteiger charge is 2.32. The van der Waals surface area contributed by atoms with Crippen LogP contribution in [0.5, 0.6) is 0 Å². The number of nitrogens with zero attached hydrogens (tertiary/aromatic N) is 2. The number of anilines is 1. The summed E-state index contributed by atoms with van der Waals surface area (Å²) < 4.78 is 0. The Bertz CT molecular complexity index is 502. The van der Waals surface area contributed by atoms with Gasteiger partial charge < -0.3 is 10.4 Å². The van der Waals surface area contributed by atoms with Crippen LogP contribution in [0, 0.1) is 16.0 Å². The molecule has 20 heavy (non-hydrogen) atoms. The van der Waals surface area contributed by atoms with Crippen LogP contribution >= 0.6 is 11.6 Å². The van der Waals surface area contributed by atoms with Gasteiger partial charge in [0.25, 0.3) is 0 Å². The Morgan fingerprint density at radius 1 is 1.55 bits per heavy atom. The molecule has 6 nitrogen and oxygen atoms in total. The van der Waals surface area contributed by atoms with Crippen LogP contribution in [0.3, 0.4) is 0 Å². The van der Waals surface area contributed by atoms with Gasteiger partial charge in [0.15, 0.2) is 0 Å². The first kappa shape index (κ1) is 15.0. The Hall–Kier alpha value is -1.40. The summed E-state index contributed by atoms with van der Waals surface area (Å²) in [6.07, 6.45) is 3.30. The molecule has 1 saturated carbocycles. The molecule has 1 heterocycles. The second-order valence-corrected chi connectivity index (χ2v) is 5.91. The minimum absolute atomic E-state index is 0.106. The van der Waals surface area contributed by atoms with Gasteiger partial charge in [-0.3, -0.25) is 10.1 Å². The molecule has 2 rings (SSSR count). The van der Waals surface area contributed by atoms with E-state index in [9.17, 15) is 15.2 Å². The van der Waals surface area contributed by atoms with Gasteiger partial charge in [-0.1, -0.05) is 18.5 Å². The van der Waals surface area contributed by atoms with Gasteiger partial charge in [0.1, 0.15) is 5.15 Å². The zero-order valence-corrected chi connectivity index (χ0v) is 12.1. The maximum atomic E-state index is 10.9. The second-order valence-electron chi connectivity index (χ2n) is 5.52. The quantitative estimate of drug-likeness (QED) is 0.507. The third-order valence-electron chi connectivity index (χ3n) is 3.83. The number of rotatable bonds is 4. The van der Waals surface area contributed by atoms with Crippen molar-refractivity contribution in [3.63, 3.8) is 0 Å². The largest absolute Gasteiger partial charge is 0.388 e. The maximum absolute atomic E-state index is 10.9. The minimum atomic E-state index is -0.829. The first-order chi connectivity index (χ1) is 9.39. The summed E-state index contributed by atoms with van der Waals surface area (Å²) in [6.45, 7) is 2.41. The number of nitrogens with one attached hydrogen (secondary N) is 1.